The maximum absolute atomic E-state index is 12.4. The number of carbonyl (C=O) groups is 2. The highest BCUT2D eigenvalue weighted by Crippen LogP contribution is 2.32. The van der Waals surface area contributed by atoms with E-state index in [1.807, 2.05) is 31.2 Å². The van der Waals surface area contributed by atoms with Crippen LogP contribution < -0.4 is 5.32 Å². The lowest BCUT2D eigenvalue weighted by Crippen LogP contribution is -2.49. The van der Waals surface area contributed by atoms with Gasteiger partial charge in [-0.15, -0.1) is 0 Å². The first-order chi connectivity index (χ1) is 11.5. The average molecular weight is 330 g/mol. The molecule has 2 amide bonds. The molecule has 0 bridgehead atoms. The summed E-state index contributed by atoms with van der Waals surface area (Å²) in [6, 6.07) is 7.44. The van der Waals surface area contributed by atoms with Crippen molar-refractivity contribution >= 4 is 17.5 Å². The van der Waals surface area contributed by atoms with Crippen molar-refractivity contribution in [3.8, 4) is 0 Å². The number of aliphatic hydroxyl groups is 1. The van der Waals surface area contributed by atoms with Crippen molar-refractivity contribution in [2.45, 2.75) is 44.6 Å². The van der Waals surface area contributed by atoms with E-state index in [9.17, 15) is 14.7 Å². The number of amides is 2. The van der Waals surface area contributed by atoms with Gasteiger partial charge >= 0.3 is 0 Å². The largest absolute Gasteiger partial charge is 0.388 e. The Morgan fingerprint density at radius 1 is 1.33 bits per heavy atom. The highest BCUT2D eigenvalue weighted by atomic mass is 16.3. The molecule has 2 N–H and O–H groups in total. The van der Waals surface area contributed by atoms with Gasteiger partial charge in [-0.25, -0.2) is 0 Å². The van der Waals surface area contributed by atoms with Gasteiger partial charge in [0.25, 0.3) is 0 Å². The third kappa shape index (κ3) is 4.93. The lowest BCUT2D eigenvalue weighted by molar-refractivity contribution is -0.137. The number of hydrogen-bond acceptors (Lipinski definition) is 3. The van der Waals surface area contributed by atoms with E-state index in [2.05, 4.69) is 11.9 Å². The summed E-state index contributed by atoms with van der Waals surface area (Å²) < 4.78 is 0. The number of likely N-dealkylation sites (N-methyl/N-ethyl adjacent to an activating group) is 1. The molecule has 1 fully saturated rings. The standard InChI is InChI=1S/C19H26N2O3/c1-3-17(22)20-16-9-6-15(7-10-16)8-11-18(23)21(4-2)14-19(24)12-5-13-19/h3,6-7,9-10,24H,1,4-5,8,11-14H2,2H3,(H,20,22). The SMILES string of the molecule is C=CC(=O)Nc1ccc(CCC(=O)N(CC)CC2(O)CCC2)cc1. The number of carbonyl (C=O) groups excluding carboxylic acids is 2. The van der Waals surface area contributed by atoms with Crippen LogP contribution in [0.15, 0.2) is 36.9 Å². The molecule has 0 unspecified atom stereocenters. The van der Waals surface area contributed by atoms with E-state index in [-0.39, 0.29) is 11.8 Å². The summed E-state index contributed by atoms with van der Waals surface area (Å²) in [5.74, 6) is -0.174. The minimum Gasteiger partial charge on any atom is -0.388 e. The van der Waals surface area contributed by atoms with Crippen molar-refractivity contribution in [2.75, 3.05) is 18.4 Å². The summed E-state index contributed by atoms with van der Waals surface area (Å²) in [4.78, 5) is 25.3. The molecule has 0 aliphatic heterocycles. The summed E-state index contributed by atoms with van der Waals surface area (Å²) in [7, 11) is 0. The van der Waals surface area contributed by atoms with Crippen molar-refractivity contribution in [1.82, 2.24) is 4.90 Å². The fourth-order valence-corrected chi connectivity index (χ4v) is 2.83. The minimum atomic E-state index is -0.670. The van der Waals surface area contributed by atoms with E-state index in [1.165, 1.54) is 6.08 Å². The van der Waals surface area contributed by atoms with Crippen molar-refractivity contribution < 1.29 is 14.7 Å². The van der Waals surface area contributed by atoms with Crippen LogP contribution in [0.5, 0.6) is 0 Å². The lowest BCUT2D eigenvalue weighted by Gasteiger charge is -2.40. The van der Waals surface area contributed by atoms with Crippen LogP contribution in [-0.2, 0) is 16.0 Å². The molecule has 0 radical (unpaired) electrons. The van der Waals surface area contributed by atoms with Crippen LogP contribution in [-0.4, -0.2) is 40.5 Å². The topological polar surface area (TPSA) is 69.6 Å². The maximum Gasteiger partial charge on any atom is 0.247 e. The van der Waals surface area contributed by atoms with E-state index in [0.29, 0.717) is 31.6 Å². The monoisotopic (exact) mass is 330 g/mol. The first-order valence-corrected chi connectivity index (χ1v) is 8.48. The molecular formula is C19H26N2O3. The van der Waals surface area contributed by atoms with Gasteiger partial charge in [0, 0.05) is 25.2 Å². The molecule has 24 heavy (non-hydrogen) atoms. The van der Waals surface area contributed by atoms with Gasteiger partial charge in [-0.3, -0.25) is 9.59 Å². The molecule has 2 rings (SSSR count). The van der Waals surface area contributed by atoms with Crippen LogP contribution in [0.2, 0.25) is 0 Å². The molecule has 5 nitrogen and oxygen atoms in total. The zero-order chi connectivity index (χ0) is 17.6. The first-order valence-electron chi connectivity index (χ1n) is 8.48. The Morgan fingerprint density at radius 3 is 2.50 bits per heavy atom. The van der Waals surface area contributed by atoms with Gasteiger partial charge in [0.05, 0.1) is 5.60 Å². The van der Waals surface area contributed by atoms with Crippen molar-refractivity contribution in [3.05, 3.63) is 42.5 Å². The normalized spacial score (nSPS) is 15.2. The Labute approximate surface area is 143 Å². The third-order valence-electron chi connectivity index (χ3n) is 4.54. The third-order valence-corrected chi connectivity index (χ3v) is 4.54. The molecule has 5 heteroatoms. The number of hydrogen-bond donors (Lipinski definition) is 2. The smallest absolute Gasteiger partial charge is 0.247 e. The summed E-state index contributed by atoms with van der Waals surface area (Å²) in [5.41, 5.74) is 1.08. The number of anilines is 1. The first kappa shape index (κ1) is 18.2. The van der Waals surface area contributed by atoms with Gasteiger partial charge in [0.2, 0.25) is 11.8 Å². The average Bonchev–Trinajstić information content (AvgIpc) is 2.57. The van der Waals surface area contributed by atoms with Crippen LogP contribution in [0, 0.1) is 0 Å². The van der Waals surface area contributed by atoms with Crippen LogP contribution in [0.4, 0.5) is 5.69 Å². The molecule has 130 valence electrons. The van der Waals surface area contributed by atoms with Gasteiger partial charge in [0.1, 0.15) is 0 Å². The highest BCUT2D eigenvalue weighted by molar-refractivity contribution is 5.98. The molecule has 0 saturated heterocycles. The van der Waals surface area contributed by atoms with Crippen LogP contribution in [0.25, 0.3) is 0 Å². The Hall–Kier alpha value is -2.14. The summed E-state index contributed by atoms with van der Waals surface area (Å²) in [6.45, 7) is 6.41. The zero-order valence-electron chi connectivity index (χ0n) is 14.3. The molecule has 1 aromatic rings. The Balaban J connectivity index is 1.83. The predicted molar refractivity (Wildman–Crippen MR) is 94.6 cm³/mol. The van der Waals surface area contributed by atoms with Crippen LogP contribution >= 0.6 is 0 Å². The predicted octanol–water partition coefficient (Wildman–Crippen LogP) is 2.51. The fourth-order valence-electron chi connectivity index (χ4n) is 2.83. The fraction of sp³-hybridized carbons (Fsp3) is 0.474. The van der Waals surface area contributed by atoms with E-state index < -0.39 is 5.60 Å². The second-order valence-electron chi connectivity index (χ2n) is 6.38. The number of aryl methyl sites for hydroxylation is 1. The van der Waals surface area contributed by atoms with Crippen LogP contribution in [0.1, 0.15) is 38.2 Å². The second kappa shape index (κ2) is 8.11. The summed E-state index contributed by atoms with van der Waals surface area (Å²) in [6.07, 6.45) is 4.90. The molecule has 0 heterocycles. The molecular weight excluding hydrogens is 304 g/mol. The molecule has 0 aromatic heterocycles. The van der Waals surface area contributed by atoms with Gasteiger partial charge in [0.15, 0.2) is 0 Å². The molecule has 0 spiro atoms. The van der Waals surface area contributed by atoms with Crippen molar-refractivity contribution in [1.29, 1.82) is 0 Å². The summed E-state index contributed by atoms with van der Waals surface area (Å²) >= 11 is 0. The lowest BCUT2D eigenvalue weighted by atomic mass is 9.80. The van der Waals surface area contributed by atoms with Gasteiger partial charge in [-0.2, -0.15) is 0 Å². The van der Waals surface area contributed by atoms with Crippen LogP contribution in [0.3, 0.4) is 0 Å². The zero-order valence-corrected chi connectivity index (χ0v) is 14.3. The Morgan fingerprint density at radius 2 is 2.00 bits per heavy atom. The molecule has 1 aliphatic carbocycles. The number of rotatable bonds is 8. The molecule has 1 aliphatic rings. The Bertz CT molecular complexity index is 591. The number of nitrogens with zero attached hydrogens (tertiary/aromatic N) is 1. The summed E-state index contributed by atoms with van der Waals surface area (Å²) in [5, 5.41) is 12.9. The maximum atomic E-state index is 12.4. The Kier molecular flexibility index (Phi) is 6.15. The minimum absolute atomic E-state index is 0.0712. The van der Waals surface area contributed by atoms with Gasteiger partial charge in [-0.1, -0.05) is 18.7 Å². The molecule has 0 atom stereocenters. The van der Waals surface area contributed by atoms with E-state index in [1.54, 1.807) is 4.90 Å². The quantitative estimate of drug-likeness (QED) is 0.720. The van der Waals surface area contributed by atoms with E-state index in [0.717, 1.165) is 24.8 Å². The van der Waals surface area contributed by atoms with Crippen molar-refractivity contribution in [3.63, 3.8) is 0 Å². The van der Waals surface area contributed by atoms with Gasteiger partial charge in [-0.05, 0) is 56.4 Å². The van der Waals surface area contributed by atoms with Crippen molar-refractivity contribution in [2.24, 2.45) is 0 Å². The van der Waals surface area contributed by atoms with E-state index in [4.69, 9.17) is 0 Å². The number of benzene rings is 1. The highest BCUT2D eigenvalue weighted by Gasteiger charge is 2.36. The van der Waals surface area contributed by atoms with Gasteiger partial charge < -0.3 is 15.3 Å². The molecule has 1 saturated carbocycles. The number of nitrogens with one attached hydrogen (secondary N) is 1. The molecule has 1 aromatic carbocycles. The second-order valence-corrected chi connectivity index (χ2v) is 6.38. The van der Waals surface area contributed by atoms with E-state index >= 15 is 0 Å².